The summed E-state index contributed by atoms with van der Waals surface area (Å²) in [5.74, 6) is -1.31. The zero-order valence-electron chi connectivity index (χ0n) is 17.4. The standard InChI is InChI=1S/C18H22N4O6S.Li/c1-18(2,3)29(26,27)16-8-13-11(12-7-14(17(24)25)21(4)20-12)9-19-22(13)10-15(16)28-6-5-23;/h7-10,23H,5-6H2,1-4H3,(H,24,25);/q;+1/p-1. The van der Waals surface area contributed by atoms with Crippen LogP contribution in [0.25, 0.3) is 16.8 Å². The van der Waals surface area contributed by atoms with Gasteiger partial charge < -0.3 is 19.7 Å². The van der Waals surface area contributed by atoms with Gasteiger partial charge in [0.2, 0.25) is 0 Å². The number of aliphatic hydroxyl groups is 1. The van der Waals surface area contributed by atoms with Crippen LogP contribution >= 0.6 is 0 Å². The van der Waals surface area contributed by atoms with E-state index in [0.717, 1.165) is 0 Å². The summed E-state index contributed by atoms with van der Waals surface area (Å²) in [6, 6.07) is 2.75. The Morgan fingerprint density at radius 1 is 1.30 bits per heavy atom. The number of aromatic carboxylic acids is 1. The van der Waals surface area contributed by atoms with Gasteiger partial charge in [0.1, 0.15) is 11.5 Å². The van der Waals surface area contributed by atoms with Gasteiger partial charge in [-0.2, -0.15) is 10.2 Å². The molecule has 0 saturated heterocycles. The van der Waals surface area contributed by atoms with E-state index in [1.165, 1.54) is 40.8 Å². The van der Waals surface area contributed by atoms with Crippen LogP contribution in [0.4, 0.5) is 0 Å². The molecule has 3 aromatic rings. The Kier molecular flexibility index (Phi) is 6.73. The molecule has 0 bridgehead atoms. The molecule has 0 spiro atoms. The average Bonchev–Trinajstić information content (AvgIpc) is 3.20. The largest absolute Gasteiger partial charge is 1.00 e. The zero-order valence-corrected chi connectivity index (χ0v) is 18.2. The van der Waals surface area contributed by atoms with E-state index < -0.39 is 20.6 Å². The van der Waals surface area contributed by atoms with Gasteiger partial charge in [-0.1, -0.05) is 0 Å². The molecule has 0 atom stereocenters. The third kappa shape index (κ3) is 4.11. The first-order valence-electron chi connectivity index (χ1n) is 8.73. The first kappa shape index (κ1) is 24.0. The number of ether oxygens (including phenoxy) is 1. The SMILES string of the molecule is Cn1nc(-c2cnn3cc(OCCO)c(S(=O)(=O)C(C)(C)C)cc23)cc1C(=O)[O-].[Li+]. The van der Waals surface area contributed by atoms with Crippen molar-refractivity contribution in [3.63, 3.8) is 0 Å². The number of carbonyl (C=O) groups excluding carboxylic acids is 1. The number of nitrogens with zero attached hydrogens (tertiary/aromatic N) is 4. The van der Waals surface area contributed by atoms with Crippen LogP contribution in [0, 0.1) is 0 Å². The van der Waals surface area contributed by atoms with Crippen LogP contribution in [0.3, 0.4) is 0 Å². The smallest absolute Gasteiger partial charge is 0.543 e. The van der Waals surface area contributed by atoms with Crippen molar-refractivity contribution in [3.05, 3.63) is 30.2 Å². The Labute approximate surface area is 185 Å². The summed E-state index contributed by atoms with van der Waals surface area (Å²) in [4.78, 5) is 11.1. The molecule has 0 fully saturated rings. The van der Waals surface area contributed by atoms with Gasteiger partial charge >= 0.3 is 18.9 Å². The van der Waals surface area contributed by atoms with Crippen molar-refractivity contribution in [1.82, 2.24) is 19.4 Å². The predicted molar refractivity (Wildman–Crippen MR) is 101 cm³/mol. The summed E-state index contributed by atoms with van der Waals surface area (Å²) in [6.45, 7) is 4.36. The van der Waals surface area contributed by atoms with Crippen molar-refractivity contribution in [2.45, 2.75) is 30.4 Å². The van der Waals surface area contributed by atoms with Crippen molar-refractivity contribution in [1.29, 1.82) is 0 Å². The monoisotopic (exact) mass is 428 g/mol. The fourth-order valence-electron chi connectivity index (χ4n) is 2.78. The van der Waals surface area contributed by atoms with Gasteiger partial charge in [-0.15, -0.1) is 0 Å². The number of aryl methyl sites for hydroxylation is 1. The summed E-state index contributed by atoms with van der Waals surface area (Å²) >= 11 is 0. The van der Waals surface area contributed by atoms with Crippen molar-refractivity contribution in [2.24, 2.45) is 7.05 Å². The van der Waals surface area contributed by atoms with E-state index in [-0.39, 0.29) is 48.4 Å². The second-order valence-electron chi connectivity index (χ2n) is 7.40. The van der Waals surface area contributed by atoms with Crippen LogP contribution in [0.15, 0.2) is 29.4 Å². The van der Waals surface area contributed by atoms with E-state index in [1.807, 2.05) is 0 Å². The molecular weight excluding hydrogens is 407 g/mol. The molecule has 0 radical (unpaired) electrons. The molecular formula is C18H21LiN4O6S. The van der Waals surface area contributed by atoms with Crippen LogP contribution in [-0.2, 0) is 16.9 Å². The maximum absolute atomic E-state index is 13.1. The minimum absolute atomic E-state index is 0. The van der Waals surface area contributed by atoms with Gasteiger partial charge in [0, 0.05) is 12.6 Å². The van der Waals surface area contributed by atoms with Gasteiger partial charge in [-0.3, -0.25) is 4.68 Å². The normalized spacial score (nSPS) is 12.0. The molecule has 12 heteroatoms. The predicted octanol–water partition coefficient (Wildman–Crippen LogP) is -2.95. The van der Waals surface area contributed by atoms with Crippen molar-refractivity contribution < 1.29 is 47.0 Å². The number of hydrogen-bond donors (Lipinski definition) is 1. The van der Waals surface area contributed by atoms with Gasteiger partial charge in [-0.05, 0) is 32.9 Å². The second-order valence-corrected chi connectivity index (χ2v) is 10.1. The number of aromatic nitrogens is 4. The van der Waals surface area contributed by atoms with Gasteiger partial charge in [0.15, 0.2) is 15.6 Å². The quantitative estimate of drug-likeness (QED) is 0.411. The van der Waals surface area contributed by atoms with Crippen LogP contribution in [0.5, 0.6) is 5.75 Å². The first-order chi connectivity index (χ1) is 13.5. The summed E-state index contributed by atoms with van der Waals surface area (Å²) in [5, 5.41) is 28.6. The molecule has 0 saturated carbocycles. The number of carbonyl (C=O) groups is 1. The van der Waals surface area contributed by atoms with Crippen LogP contribution in [-0.4, -0.2) is 56.8 Å². The Hall–Kier alpha value is -2.32. The third-order valence-electron chi connectivity index (χ3n) is 4.39. The van der Waals surface area contributed by atoms with Crippen molar-refractivity contribution in [2.75, 3.05) is 13.2 Å². The number of carboxylic acid groups (broad SMARTS) is 1. The summed E-state index contributed by atoms with van der Waals surface area (Å²) < 4.78 is 33.2. The Bertz CT molecular complexity index is 1190. The molecule has 0 aromatic carbocycles. The molecule has 30 heavy (non-hydrogen) atoms. The van der Waals surface area contributed by atoms with E-state index in [2.05, 4.69) is 10.2 Å². The maximum atomic E-state index is 13.1. The molecule has 156 valence electrons. The maximum Gasteiger partial charge on any atom is 1.00 e. The number of fused-ring (bicyclic) bond motifs is 1. The van der Waals surface area contributed by atoms with Crippen molar-refractivity contribution in [3.8, 4) is 17.0 Å². The second kappa shape index (κ2) is 8.43. The zero-order chi connectivity index (χ0) is 21.6. The Morgan fingerprint density at radius 3 is 2.50 bits per heavy atom. The van der Waals surface area contributed by atoms with E-state index in [4.69, 9.17) is 9.84 Å². The van der Waals surface area contributed by atoms with E-state index in [1.54, 1.807) is 20.8 Å². The summed E-state index contributed by atoms with van der Waals surface area (Å²) in [6.07, 6.45) is 2.87. The Balaban J connectivity index is 0.00000320. The van der Waals surface area contributed by atoms with E-state index in [9.17, 15) is 18.3 Å². The molecule has 3 heterocycles. The van der Waals surface area contributed by atoms with Gasteiger partial charge in [-0.25, -0.2) is 12.9 Å². The van der Waals surface area contributed by atoms with E-state index in [0.29, 0.717) is 16.8 Å². The van der Waals surface area contributed by atoms with Gasteiger partial charge in [0.05, 0.1) is 46.6 Å². The minimum atomic E-state index is -3.80. The molecule has 10 nitrogen and oxygen atoms in total. The molecule has 0 aliphatic carbocycles. The molecule has 3 rings (SSSR count). The summed E-state index contributed by atoms with van der Waals surface area (Å²) in [7, 11) is -2.33. The molecule has 0 aliphatic heterocycles. The minimum Gasteiger partial charge on any atom is -0.543 e. The Morgan fingerprint density at radius 2 is 1.97 bits per heavy atom. The topological polar surface area (TPSA) is 139 Å². The third-order valence-corrected chi connectivity index (χ3v) is 6.90. The van der Waals surface area contributed by atoms with Crippen LogP contribution in [0.2, 0.25) is 0 Å². The fourth-order valence-corrected chi connectivity index (χ4v) is 4.08. The number of pyridine rings is 1. The molecule has 0 unspecified atom stereocenters. The first-order valence-corrected chi connectivity index (χ1v) is 10.2. The van der Waals surface area contributed by atoms with Crippen LogP contribution < -0.4 is 28.7 Å². The number of carboxylic acids is 1. The van der Waals surface area contributed by atoms with Crippen molar-refractivity contribution >= 4 is 21.3 Å². The molecule has 3 aromatic heterocycles. The number of sulfone groups is 1. The number of aliphatic hydroxyl groups excluding tert-OH is 1. The fraction of sp³-hybridized carbons (Fsp3) is 0.389. The molecule has 0 aliphatic rings. The summed E-state index contributed by atoms with van der Waals surface area (Å²) in [5.41, 5.74) is 1.05. The molecule has 0 amide bonds. The van der Waals surface area contributed by atoms with Crippen LogP contribution in [0.1, 0.15) is 31.3 Å². The van der Waals surface area contributed by atoms with Gasteiger partial charge in [0.25, 0.3) is 0 Å². The number of hydrogen-bond acceptors (Lipinski definition) is 8. The number of rotatable bonds is 6. The average molecular weight is 428 g/mol. The molecule has 1 N–H and O–H groups in total. The van der Waals surface area contributed by atoms with E-state index >= 15 is 0 Å².